The van der Waals surface area contributed by atoms with E-state index < -0.39 is 11.9 Å². The van der Waals surface area contributed by atoms with Gasteiger partial charge in [0, 0.05) is 23.5 Å². The van der Waals surface area contributed by atoms with Gasteiger partial charge in [-0.2, -0.15) is 5.26 Å². The van der Waals surface area contributed by atoms with Gasteiger partial charge < -0.3 is 21.9 Å². The first-order valence-corrected chi connectivity index (χ1v) is 9.01. The standard InChI is InChI=1S/C21H20FN7O/c1-12-17-7-15(22)2-3-18(17)29-16(4-5-23)11-27-20(14(8-24)9-25)13-6-19(30-12)21(26)28-10-13/h2-8,10,12H,11,23-24H2,1H3,(H2,26,28)/t12-/m1/s1. The number of pyridine rings is 1. The summed E-state index contributed by atoms with van der Waals surface area (Å²) in [5.74, 6) is -0.0105. The van der Waals surface area contributed by atoms with Gasteiger partial charge in [-0.1, -0.05) is 0 Å². The van der Waals surface area contributed by atoms with Crippen LogP contribution in [0, 0.1) is 17.1 Å². The fourth-order valence-corrected chi connectivity index (χ4v) is 2.94. The van der Waals surface area contributed by atoms with Crippen LogP contribution >= 0.6 is 0 Å². The lowest BCUT2D eigenvalue weighted by Gasteiger charge is -2.19. The summed E-state index contributed by atoms with van der Waals surface area (Å²) in [6.45, 7) is 1.84. The topological polar surface area (TPSA) is 149 Å². The third-order valence-electron chi connectivity index (χ3n) is 4.38. The minimum Gasteiger partial charge on any atom is -0.482 e. The van der Waals surface area contributed by atoms with Crippen LogP contribution in [0.15, 0.2) is 64.5 Å². The molecule has 9 heteroatoms. The van der Waals surface area contributed by atoms with Gasteiger partial charge in [0.1, 0.15) is 18.0 Å². The molecule has 2 bridgehead atoms. The van der Waals surface area contributed by atoms with Crippen molar-refractivity contribution in [2.24, 2.45) is 21.5 Å². The number of fused-ring (bicyclic) bond motifs is 3. The molecule has 2 aromatic rings. The molecule has 0 fully saturated rings. The summed E-state index contributed by atoms with van der Waals surface area (Å²) < 4.78 is 19.9. The van der Waals surface area contributed by atoms with Crippen molar-refractivity contribution in [1.29, 1.82) is 5.26 Å². The van der Waals surface area contributed by atoms with Gasteiger partial charge in [0.05, 0.1) is 29.2 Å². The average molecular weight is 405 g/mol. The number of nitrogen functional groups attached to an aromatic ring is 1. The molecule has 1 aromatic heterocycles. The van der Waals surface area contributed by atoms with E-state index >= 15 is 0 Å². The molecule has 0 unspecified atom stereocenters. The monoisotopic (exact) mass is 405 g/mol. The number of nitrogens with two attached hydrogens (primary N) is 3. The Morgan fingerprint density at radius 1 is 1.33 bits per heavy atom. The van der Waals surface area contributed by atoms with Gasteiger partial charge in [0.15, 0.2) is 11.6 Å². The third kappa shape index (κ3) is 4.28. The SMILES string of the molecule is C[C@H]1Oc2cc(cnc2N)C(C(C#N)=CN)=NCC(C=CN)=Nc2ccc(F)cc21. The fourth-order valence-electron chi connectivity index (χ4n) is 2.94. The second kappa shape index (κ2) is 8.87. The van der Waals surface area contributed by atoms with Gasteiger partial charge in [-0.25, -0.2) is 9.37 Å². The van der Waals surface area contributed by atoms with Gasteiger partial charge in [-0.05, 0) is 43.5 Å². The first kappa shape index (κ1) is 20.5. The Morgan fingerprint density at radius 3 is 2.83 bits per heavy atom. The molecule has 0 aliphatic carbocycles. The van der Waals surface area contributed by atoms with E-state index in [0.29, 0.717) is 28.2 Å². The normalized spacial score (nSPS) is 17.0. The first-order valence-electron chi connectivity index (χ1n) is 9.01. The molecule has 6 N–H and O–H groups in total. The van der Waals surface area contributed by atoms with Gasteiger partial charge in [-0.15, -0.1) is 0 Å². The molecule has 3 rings (SSSR count). The van der Waals surface area contributed by atoms with Crippen LogP contribution in [-0.4, -0.2) is 23.0 Å². The molecule has 0 saturated carbocycles. The number of halogens is 1. The number of nitriles is 1. The second-order valence-corrected chi connectivity index (χ2v) is 6.39. The van der Waals surface area contributed by atoms with E-state index in [-0.39, 0.29) is 23.7 Å². The summed E-state index contributed by atoms with van der Waals surface area (Å²) in [5, 5.41) is 9.47. The number of anilines is 1. The van der Waals surface area contributed by atoms with Crippen LogP contribution in [0.5, 0.6) is 5.75 Å². The zero-order valence-corrected chi connectivity index (χ0v) is 16.2. The highest BCUT2D eigenvalue weighted by Crippen LogP contribution is 2.33. The van der Waals surface area contributed by atoms with E-state index in [9.17, 15) is 9.65 Å². The average Bonchev–Trinajstić information content (AvgIpc) is 2.73. The van der Waals surface area contributed by atoms with E-state index in [1.54, 1.807) is 25.1 Å². The quantitative estimate of drug-likeness (QED) is 0.654. The number of nitrogens with zero attached hydrogens (tertiary/aromatic N) is 4. The zero-order valence-electron chi connectivity index (χ0n) is 16.2. The summed E-state index contributed by atoms with van der Waals surface area (Å²) in [7, 11) is 0. The van der Waals surface area contributed by atoms with Gasteiger partial charge >= 0.3 is 0 Å². The molecule has 30 heavy (non-hydrogen) atoms. The molecule has 2 heterocycles. The molecule has 1 aliphatic rings. The van der Waals surface area contributed by atoms with Crippen LogP contribution in [0.2, 0.25) is 0 Å². The van der Waals surface area contributed by atoms with Crippen molar-refractivity contribution in [1.82, 2.24) is 4.98 Å². The molecule has 1 atom stereocenters. The molecule has 152 valence electrons. The minimum absolute atomic E-state index is 0.0911. The van der Waals surface area contributed by atoms with E-state index in [1.807, 2.05) is 6.07 Å². The smallest absolute Gasteiger partial charge is 0.166 e. The minimum atomic E-state index is -0.595. The highest BCUT2D eigenvalue weighted by molar-refractivity contribution is 6.16. The number of hydrogen-bond donors (Lipinski definition) is 3. The second-order valence-electron chi connectivity index (χ2n) is 6.39. The van der Waals surface area contributed by atoms with Gasteiger partial charge in [0.2, 0.25) is 0 Å². The van der Waals surface area contributed by atoms with Crippen molar-refractivity contribution < 1.29 is 9.13 Å². The Labute approximate surface area is 172 Å². The van der Waals surface area contributed by atoms with Gasteiger partial charge in [-0.3, -0.25) is 9.98 Å². The molecular weight excluding hydrogens is 385 g/mol. The Kier molecular flexibility index (Phi) is 6.08. The Bertz CT molecular complexity index is 1130. The lowest BCUT2D eigenvalue weighted by Crippen LogP contribution is -2.13. The van der Waals surface area contributed by atoms with Crippen molar-refractivity contribution in [2.45, 2.75) is 13.0 Å². The largest absolute Gasteiger partial charge is 0.482 e. The molecule has 0 amide bonds. The van der Waals surface area contributed by atoms with Crippen molar-refractivity contribution in [2.75, 3.05) is 12.3 Å². The highest BCUT2D eigenvalue weighted by Gasteiger charge is 2.19. The molecule has 0 radical (unpaired) electrons. The zero-order chi connectivity index (χ0) is 21.7. The van der Waals surface area contributed by atoms with Crippen LogP contribution < -0.4 is 21.9 Å². The number of benzene rings is 1. The number of allylic oxidation sites excluding steroid dienone is 1. The molecular formula is C21H20FN7O. The molecule has 1 aliphatic heterocycles. The van der Waals surface area contributed by atoms with Crippen LogP contribution in [0.3, 0.4) is 0 Å². The van der Waals surface area contributed by atoms with Crippen LogP contribution in [0.25, 0.3) is 0 Å². The number of ether oxygens (including phenoxy) is 1. The van der Waals surface area contributed by atoms with Crippen molar-refractivity contribution in [3.05, 3.63) is 71.5 Å². The maximum atomic E-state index is 13.9. The molecule has 1 aromatic carbocycles. The summed E-state index contributed by atoms with van der Waals surface area (Å²) in [6, 6.07) is 7.84. The van der Waals surface area contributed by atoms with Crippen LogP contribution in [-0.2, 0) is 0 Å². The molecule has 0 spiro atoms. The lowest BCUT2D eigenvalue weighted by molar-refractivity contribution is 0.227. The number of hydrogen-bond acceptors (Lipinski definition) is 8. The maximum absolute atomic E-state index is 13.9. The van der Waals surface area contributed by atoms with Crippen molar-refractivity contribution in [3.8, 4) is 11.8 Å². The predicted molar refractivity (Wildman–Crippen MR) is 114 cm³/mol. The summed E-state index contributed by atoms with van der Waals surface area (Å²) in [5.41, 5.74) is 19.6. The Balaban J connectivity index is 2.28. The van der Waals surface area contributed by atoms with Crippen molar-refractivity contribution in [3.63, 3.8) is 0 Å². The Hall–Kier alpha value is -4.19. The van der Waals surface area contributed by atoms with Gasteiger partial charge in [0.25, 0.3) is 0 Å². The first-order chi connectivity index (χ1) is 14.5. The number of aliphatic imine (C=N–C) groups is 2. The summed E-state index contributed by atoms with van der Waals surface area (Å²) >= 11 is 0. The van der Waals surface area contributed by atoms with E-state index in [1.165, 1.54) is 24.5 Å². The van der Waals surface area contributed by atoms with E-state index in [2.05, 4.69) is 15.0 Å². The van der Waals surface area contributed by atoms with Crippen LogP contribution in [0.4, 0.5) is 15.9 Å². The molecule has 0 saturated heterocycles. The lowest BCUT2D eigenvalue weighted by atomic mass is 10.0. The maximum Gasteiger partial charge on any atom is 0.166 e. The third-order valence-corrected chi connectivity index (χ3v) is 4.38. The number of rotatable bonds is 2. The Morgan fingerprint density at radius 2 is 2.13 bits per heavy atom. The number of aromatic nitrogens is 1. The summed E-state index contributed by atoms with van der Waals surface area (Å²) in [6.07, 6.45) is 4.95. The predicted octanol–water partition coefficient (Wildman–Crippen LogP) is 2.66. The molecule has 8 nitrogen and oxygen atoms in total. The van der Waals surface area contributed by atoms with Crippen LogP contribution in [0.1, 0.15) is 24.2 Å². The van der Waals surface area contributed by atoms with Crippen molar-refractivity contribution >= 4 is 22.9 Å². The van der Waals surface area contributed by atoms with E-state index in [0.717, 1.165) is 6.20 Å². The fraction of sp³-hybridized carbons (Fsp3) is 0.143. The summed E-state index contributed by atoms with van der Waals surface area (Å²) in [4.78, 5) is 13.2. The highest BCUT2D eigenvalue weighted by atomic mass is 19.1. The van der Waals surface area contributed by atoms with E-state index in [4.69, 9.17) is 21.9 Å².